The summed E-state index contributed by atoms with van der Waals surface area (Å²) < 4.78 is 0. The molecule has 1 aromatic rings. The van der Waals surface area contributed by atoms with Crippen LogP contribution < -0.4 is 0 Å². The molecule has 0 aromatic heterocycles. The van der Waals surface area contributed by atoms with Crippen molar-refractivity contribution < 1.29 is 4.79 Å². The number of carbonyl (C=O) groups excluding carboxylic acids is 1. The lowest BCUT2D eigenvalue weighted by molar-refractivity contribution is 0.0763. The Hall–Kier alpha value is -1.02. The number of alkyl halides is 1. The SMILES string of the molecule is CCCCN(CCCl)C(=O)c1ccc(C(C)(C)C)cc1. The van der Waals surface area contributed by atoms with Crippen LogP contribution in [0.4, 0.5) is 0 Å². The van der Waals surface area contributed by atoms with Crippen molar-refractivity contribution in [3.05, 3.63) is 35.4 Å². The average molecular weight is 296 g/mol. The molecule has 1 rings (SSSR count). The minimum Gasteiger partial charge on any atom is -0.337 e. The third kappa shape index (κ3) is 4.82. The van der Waals surface area contributed by atoms with Crippen molar-refractivity contribution >= 4 is 17.5 Å². The summed E-state index contributed by atoms with van der Waals surface area (Å²) in [7, 11) is 0. The highest BCUT2D eigenvalue weighted by atomic mass is 35.5. The van der Waals surface area contributed by atoms with Crippen molar-refractivity contribution in [2.24, 2.45) is 0 Å². The van der Waals surface area contributed by atoms with E-state index in [0.717, 1.165) is 24.9 Å². The van der Waals surface area contributed by atoms with E-state index in [9.17, 15) is 4.79 Å². The molecule has 3 heteroatoms. The van der Waals surface area contributed by atoms with E-state index >= 15 is 0 Å². The van der Waals surface area contributed by atoms with Gasteiger partial charge >= 0.3 is 0 Å². The standard InChI is InChI=1S/C17H26ClNO/c1-5-6-12-19(13-11-18)16(20)14-7-9-15(10-8-14)17(2,3)4/h7-10H,5-6,11-13H2,1-4H3. The maximum atomic E-state index is 12.5. The van der Waals surface area contributed by atoms with Crippen LogP contribution in [0, 0.1) is 0 Å². The lowest BCUT2D eigenvalue weighted by Crippen LogP contribution is -2.33. The van der Waals surface area contributed by atoms with Gasteiger partial charge in [-0.3, -0.25) is 4.79 Å². The third-order valence-electron chi connectivity index (χ3n) is 3.42. The van der Waals surface area contributed by atoms with E-state index in [-0.39, 0.29) is 11.3 Å². The van der Waals surface area contributed by atoms with Crippen LogP contribution in [0.5, 0.6) is 0 Å². The molecule has 0 aliphatic heterocycles. The topological polar surface area (TPSA) is 20.3 Å². The molecule has 1 aromatic carbocycles. The highest BCUT2D eigenvalue weighted by Crippen LogP contribution is 2.22. The Balaban J connectivity index is 2.83. The zero-order chi connectivity index (χ0) is 15.2. The van der Waals surface area contributed by atoms with Crippen LogP contribution in [0.2, 0.25) is 0 Å². The normalized spacial score (nSPS) is 11.4. The molecule has 0 unspecified atom stereocenters. The Kier molecular flexibility index (Phi) is 6.54. The highest BCUT2D eigenvalue weighted by Gasteiger charge is 2.17. The van der Waals surface area contributed by atoms with E-state index in [1.54, 1.807) is 0 Å². The van der Waals surface area contributed by atoms with Crippen LogP contribution >= 0.6 is 11.6 Å². The predicted octanol–water partition coefficient (Wildman–Crippen LogP) is 4.47. The van der Waals surface area contributed by atoms with Gasteiger partial charge in [0.25, 0.3) is 5.91 Å². The van der Waals surface area contributed by atoms with Gasteiger partial charge in [-0.05, 0) is 29.5 Å². The van der Waals surface area contributed by atoms with Gasteiger partial charge in [0.05, 0.1) is 0 Å². The zero-order valence-corrected chi connectivity index (χ0v) is 13.8. The fourth-order valence-corrected chi connectivity index (χ4v) is 2.27. The molecule has 0 bridgehead atoms. The maximum Gasteiger partial charge on any atom is 0.253 e. The molecule has 0 N–H and O–H groups in total. The molecule has 20 heavy (non-hydrogen) atoms. The first-order valence-corrected chi connectivity index (χ1v) is 7.89. The number of nitrogens with zero attached hydrogens (tertiary/aromatic N) is 1. The molecule has 2 nitrogen and oxygen atoms in total. The fraction of sp³-hybridized carbons (Fsp3) is 0.588. The molecule has 1 amide bonds. The summed E-state index contributed by atoms with van der Waals surface area (Å²) in [6, 6.07) is 7.95. The van der Waals surface area contributed by atoms with Crippen LogP contribution in [0.25, 0.3) is 0 Å². The van der Waals surface area contributed by atoms with Gasteiger partial charge in [0, 0.05) is 24.5 Å². The van der Waals surface area contributed by atoms with Gasteiger partial charge in [-0.1, -0.05) is 46.2 Å². The largest absolute Gasteiger partial charge is 0.337 e. The van der Waals surface area contributed by atoms with Crippen molar-refractivity contribution in [2.45, 2.75) is 46.0 Å². The number of halogens is 1. The second-order valence-corrected chi connectivity index (χ2v) is 6.54. The molecule has 0 spiro atoms. The van der Waals surface area contributed by atoms with Crippen LogP contribution in [-0.2, 0) is 5.41 Å². The Bertz CT molecular complexity index is 420. The van der Waals surface area contributed by atoms with E-state index in [4.69, 9.17) is 11.6 Å². The van der Waals surface area contributed by atoms with E-state index in [1.807, 2.05) is 29.2 Å². The van der Waals surface area contributed by atoms with Gasteiger partial charge in [-0.25, -0.2) is 0 Å². The Morgan fingerprint density at radius 1 is 1.15 bits per heavy atom. The molecular formula is C17H26ClNO. The van der Waals surface area contributed by atoms with E-state index in [2.05, 4.69) is 27.7 Å². The van der Waals surface area contributed by atoms with Crippen LogP contribution in [0.1, 0.15) is 56.5 Å². The van der Waals surface area contributed by atoms with Crippen LogP contribution in [-0.4, -0.2) is 29.8 Å². The van der Waals surface area contributed by atoms with E-state index < -0.39 is 0 Å². The fourth-order valence-electron chi connectivity index (χ4n) is 2.06. The van der Waals surface area contributed by atoms with Gasteiger partial charge in [-0.2, -0.15) is 0 Å². The van der Waals surface area contributed by atoms with Gasteiger partial charge in [0.2, 0.25) is 0 Å². The summed E-state index contributed by atoms with van der Waals surface area (Å²) in [5, 5.41) is 0. The first kappa shape index (κ1) is 17.0. The number of unbranched alkanes of at least 4 members (excludes halogenated alkanes) is 1. The zero-order valence-electron chi connectivity index (χ0n) is 13.1. The summed E-state index contributed by atoms with van der Waals surface area (Å²) in [4.78, 5) is 14.3. The maximum absolute atomic E-state index is 12.5. The van der Waals surface area contributed by atoms with Crippen molar-refractivity contribution in [3.63, 3.8) is 0 Å². The second-order valence-electron chi connectivity index (χ2n) is 6.16. The number of rotatable bonds is 6. The quantitative estimate of drug-likeness (QED) is 0.709. The van der Waals surface area contributed by atoms with Crippen molar-refractivity contribution in [1.29, 1.82) is 0 Å². The van der Waals surface area contributed by atoms with Gasteiger partial charge in [0.15, 0.2) is 0 Å². The predicted molar refractivity (Wildman–Crippen MR) is 86.7 cm³/mol. The molecule has 0 aliphatic rings. The third-order valence-corrected chi connectivity index (χ3v) is 3.59. The van der Waals surface area contributed by atoms with Crippen molar-refractivity contribution in [3.8, 4) is 0 Å². The molecule has 0 saturated carbocycles. The number of hydrogen-bond donors (Lipinski definition) is 0. The number of benzene rings is 1. The summed E-state index contributed by atoms with van der Waals surface area (Å²) in [5.74, 6) is 0.565. The molecule has 0 saturated heterocycles. The van der Waals surface area contributed by atoms with E-state index in [1.165, 1.54) is 5.56 Å². The average Bonchev–Trinajstić information content (AvgIpc) is 2.42. The number of hydrogen-bond acceptors (Lipinski definition) is 1. The molecule has 0 heterocycles. The lowest BCUT2D eigenvalue weighted by atomic mass is 9.86. The lowest BCUT2D eigenvalue weighted by Gasteiger charge is -2.23. The Labute approximate surface area is 128 Å². The molecule has 0 fully saturated rings. The van der Waals surface area contributed by atoms with Gasteiger partial charge < -0.3 is 4.90 Å². The van der Waals surface area contributed by atoms with Gasteiger partial charge in [-0.15, -0.1) is 11.6 Å². The van der Waals surface area contributed by atoms with Crippen molar-refractivity contribution in [2.75, 3.05) is 19.0 Å². The number of carbonyl (C=O) groups is 1. The first-order chi connectivity index (χ1) is 9.40. The van der Waals surface area contributed by atoms with E-state index in [0.29, 0.717) is 12.4 Å². The summed E-state index contributed by atoms with van der Waals surface area (Å²) >= 11 is 5.80. The Morgan fingerprint density at radius 3 is 2.20 bits per heavy atom. The second kappa shape index (κ2) is 7.68. The minimum absolute atomic E-state index is 0.0829. The number of amides is 1. The smallest absolute Gasteiger partial charge is 0.253 e. The van der Waals surface area contributed by atoms with Crippen LogP contribution in [0.15, 0.2) is 24.3 Å². The molecule has 0 radical (unpaired) electrons. The summed E-state index contributed by atoms with van der Waals surface area (Å²) in [5.41, 5.74) is 2.10. The Morgan fingerprint density at radius 2 is 1.75 bits per heavy atom. The summed E-state index contributed by atoms with van der Waals surface area (Å²) in [6.07, 6.45) is 2.09. The van der Waals surface area contributed by atoms with Gasteiger partial charge in [0.1, 0.15) is 0 Å². The van der Waals surface area contributed by atoms with Crippen molar-refractivity contribution in [1.82, 2.24) is 4.90 Å². The molecule has 112 valence electrons. The minimum atomic E-state index is 0.0829. The van der Waals surface area contributed by atoms with Crippen LogP contribution in [0.3, 0.4) is 0 Å². The molecule has 0 aliphatic carbocycles. The monoisotopic (exact) mass is 295 g/mol. The molecule has 0 atom stereocenters. The summed E-state index contributed by atoms with van der Waals surface area (Å²) in [6.45, 7) is 10.0. The highest BCUT2D eigenvalue weighted by molar-refractivity contribution is 6.18. The molecular weight excluding hydrogens is 270 g/mol. The first-order valence-electron chi connectivity index (χ1n) is 7.36.